The van der Waals surface area contributed by atoms with Gasteiger partial charge in [-0.3, -0.25) is 0 Å². The van der Waals surface area contributed by atoms with Gasteiger partial charge < -0.3 is 30.6 Å². The molecule has 0 aliphatic carbocycles. The summed E-state index contributed by atoms with van der Waals surface area (Å²) in [5.74, 6) is 0.863. The standard InChI is InChI=1S/C23H27ClNO2.BrH/c1-2-11-25(12-4-3-5-13-25)14-6-15-26-19-8-10-21-20-9-7-18(24)16-22(20)27-23(21)17-19;/h2,7-10,16-17H,1,3-6,11-15H2;1H/q+1;/p-1. The highest BCUT2D eigenvalue weighted by Crippen LogP contribution is 2.32. The molecule has 0 atom stereocenters. The highest BCUT2D eigenvalue weighted by Gasteiger charge is 2.27. The molecule has 1 aliphatic rings. The van der Waals surface area contributed by atoms with Crippen LogP contribution in [0.2, 0.25) is 5.02 Å². The van der Waals surface area contributed by atoms with E-state index in [2.05, 4.69) is 18.7 Å². The molecule has 0 N–H and O–H groups in total. The Kier molecular flexibility index (Phi) is 7.08. The molecule has 0 unspecified atom stereocenters. The molecule has 28 heavy (non-hydrogen) atoms. The molecule has 0 bridgehead atoms. The lowest BCUT2D eigenvalue weighted by Crippen LogP contribution is -3.00. The van der Waals surface area contributed by atoms with Crippen LogP contribution in [0.25, 0.3) is 21.9 Å². The summed E-state index contributed by atoms with van der Waals surface area (Å²) >= 11 is 6.07. The Morgan fingerprint density at radius 1 is 1.04 bits per heavy atom. The van der Waals surface area contributed by atoms with Crippen LogP contribution in [0.5, 0.6) is 5.75 Å². The third-order valence-corrected chi connectivity index (χ3v) is 5.97. The van der Waals surface area contributed by atoms with Crippen molar-refractivity contribution in [2.45, 2.75) is 25.7 Å². The van der Waals surface area contributed by atoms with E-state index in [1.165, 1.54) is 36.8 Å². The van der Waals surface area contributed by atoms with Crippen LogP contribution in [-0.4, -0.2) is 37.3 Å². The first-order valence-electron chi connectivity index (χ1n) is 9.90. The molecular formula is C23H27BrClNO2. The lowest BCUT2D eigenvalue weighted by atomic mass is 10.1. The minimum absolute atomic E-state index is 0. The molecule has 4 rings (SSSR count). The number of halogens is 2. The van der Waals surface area contributed by atoms with Gasteiger partial charge in [0.1, 0.15) is 16.9 Å². The van der Waals surface area contributed by atoms with Gasteiger partial charge in [-0.15, -0.1) is 0 Å². The molecule has 5 heteroatoms. The molecule has 0 amide bonds. The normalized spacial score (nSPS) is 16.0. The molecule has 0 saturated carbocycles. The number of hydrogen-bond donors (Lipinski definition) is 0. The van der Waals surface area contributed by atoms with Crippen molar-refractivity contribution in [3.05, 3.63) is 54.1 Å². The zero-order chi connectivity index (χ0) is 18.7. The van der Waals surface area contributed by atoms with Crippen LogP contribution in [0.3, 0.4) is 0 Å². The Morgan fingerprint density at radius 2 is 1.75 bits per heavy atom. The summed E-state index contributed by atoms with van der Waals surface area (Å²) in [6.45, 7) is 9.49. The first-order valence-corrected chi connectivity index (χ1v) is 10.3. The molecule has 150 valence electrons. The SMILES string of the molecule is C=CC[N+]1(CCCOc2ccc3c(c2)oc2cc(Cl)ccc23)CCCCC1.[Br-]. The molecule has 1 fully saturated rings. The van der Waals surface area contributed by atoms with E-state index in [9.17, 15) is 0 Å². The molecular weight excluding hydrogens is 438 g/mol. The number of fused-ring (bicyclic) bond motifs is 3. The predicted octanol–water partition coefficient (Wildman–Crippen LogP) is 3.20. The van der Waals surface area contributed by atoms with Gasteiger partial charge in [-0.1, -0.05) is 18.2 Å². The van der Waals surface area contributed by atoms with Crippen molar-refractivity contribution in [2.24, 2.45) is 0 Å². The van der Waals surface area contributed by atoms with Gasteiger partial charge in [-0.05, 0) is 49.6 Å². The van der Waals surface area contributed by atoms with Crippen LogP contribution in [-0.2, 0) is 0 Å². The number of piperidine rings is 1. The summed E-state index contributed by atoms with van der Waals surface area (Å²) in [4.78, 5) is 0. The number of quaternary nitrogens is 1. The Labute approximate surface area is 182 Å². The fourth-order valence-electron chi connectivity index (χ4n) is 4.37. The van der Waals surface area contributed by atoms with Crippen molar-refractivity contribution in [2.75, 3.05) is 32.8 Å². The largest absolute Gasteiger partial charge is 1.00 e. The average molecular weight is 465 g/mol. The van der Waals surface area contributed by atoms with E-state index < -0.39 is 0 Å². The minimum Gasteiger partial charge on any atom is -1.00 e. The number of benzene rings is 2. The lowest BCUT2D eigenvalue weighted by Gasteiger charge is -2.41. The van der Waals surface area contributed by atoms with Crippen molar-refractivity contribution in [1.82, 2.24) is 0 Å². The Balaban J connectivity index is 0.00000225. The smallest absolute Gasteiger partial charge is 0.139 e. The van der Waals surface area contributed by atoms with Gasteiger partial charge in [0.05, 0.1) is 32.8 Å². The second kappa shape index (κ2) is 9.34. The van der Waals surface area contributed by atoms with Crippen LogP contribution in [0.1, 0.15) is 25.7 Å². The summed E-state index contributed by atoms with van der Waals surface area (Å²) in [6, 6.07) is 11.8. The van der Waals surface area contributed by atoms with Crippen molar-refractivity contribution >= 4 is 33.5 Å². The fourth-order valence-corrected chi connectivity index (χ4v) is 4.53. The van der Waals surface area contributed by atoms with Crippen molar-refractivity contribution in [3.8, 4) is 5.75 Å². The van der Waals surface area contributed by atoms with E-state index in [0.717, 1.165) is 53.8 Å². The second-order valence-electron chi connectivity index (χ2n) is 7.65. The highest BCUT2D eigenvalue weighted by atomic mass is 79.9. The van der Waals surface area contributed by atoms with Gasteiger partial charge in [0.15, 0.2) is 0 Å². The van der Waals surface area contributed by atoms with E-state index in [1.54, 1.807) is 0 Å². The molecule has 2 aromatic carbocycles. The Morgan fingerprint density at radius 3 is 2.50 bits per heavy atom. The maximum absolute atomic E-state index is 6.07. The quantitative estimate of drug-likeness (QED) is 0.304. The van der Waals surface area contributed by atoms with Gasteiger partial charge in [0.25, 0.3) is 0 Å². The van der Waals surface area contributed by atoms with Crippen LogP contribution < -0.4 is 21.7 Å². The van der Waals surface area contributed by atoms with E-state index in [0.29, 0.717) is 5.02 Å². The summed E-state index contributed by atoms with van der Waals surface area (Å²) in [5, 5.41) is 2.87. The molecule has 1 saturated heterocycles. The molecule has 1 aromatic heterocycles. The summed E-state index contributed by atoms with van der Waals surface area (Å²) in [5.41, 5.74) is 1.66. The third kappa shape index (κ3) is 4.56. The van der Waals surface area contributed by atoms with Crippen molar-refractivity contribution in [3.63, 3.8) is 0 Å². The number of rotatable bonds is 7. The molecule has 1 aliphatic heterocycles. The Hall–Kier alpha value is -1.49. The minimum atomic E-state index is 0. The van der Waals surface area contributed by atoms with Crippen LogP contribution >= 0.6 is 11.6 Å². The third-order valence-electron chi connectivity index (χ3n) is 5.73. The zero-order valence-corrected chi connectivity index (χ0v) is 18.5. The number of ether oxygens (including phenoxy) is 1. The van der Waals surface area contributed by atoms with E-state index in [-0.39, 0.29) is 17.0 Å². The van der Waals surface area contributed by atoms with Crippen molar-refractivity contribution in [1.29, 1.82) is 0 Å². The van der Waals surface area contributed by atoms with Crippen LogP contribution in [0, 0.1) is 0 Å². The van der Waals surface area contributed by atoms with E-state index in [4.69, 9.17) is 20.8 Å². The molecule has 0 spiro atoms. The van der Waals surface area contributed by atoms with E-state index >= 15 is 0 Å². The molecule has 3 nitrogen and oxygen atoms in total. The number of furan rings is 1. The predicted molar refractivity (Wildman–Crippen MR) is 113 cm³/mol. The zero-order valence-electron chi connectivity index (χ0n) is 16.1. The summed E-state index contributed by atoms with van der Waals surface area (Å²) in [6.07, 6.45) is 7.18. The monoisotopic (exact) mass is 463 g/mol. The average Bonchev–Trinajstić information content (AvgIpc) is 3.03. The van der Waals surface area contributed by atoms with Gasteiger partial charge in [-0.2, -0.15) is 0 Å². The fraction of sp³-hybridized carbons (Fsp3) is 0.391. The first-order chi connectivity index (χ1) is 13.2. The number of likely N-dealkylation sites (tertiary alicyclic amines) is 1. The topological polar surface area (TPSA) is 22.4 Å². The first kappa shape index (κ1) is 21.2. The van der Waals surface area contributed by atoms with Gasteiger partial charge in [-0.25, -0.2) is 0 Å². The maximum atomic E-state index is 6.07. The molecule has 2 heterocycles. The number of nitrogens with zero attached hydrogens (tertiary/aromatic N) is 1. The van der Waals surface area contributed by atoms with Crippen molar-refractivity contribution < 1.29 is 30.6 Å². The number of hydrogen-bond acceptors (Lipinski definition) is 2. The van der Waals surface area contributed by atoms with Crippen LogP contribution in [0.4, 0.5) is 0 Å². The van der Waals surface area contributed by atoms with Gasteiger partial charge >= 0.3 is 0 Å². The van der Waals surface area contributed by atoms with Gasteiger partial charge in [0, 0.05) is 34.3 Å². The second-order valence-corrected chi connectivity index (χ2v) is 8.08. The van der Waals surface area contributed by atoms with Crippen LogP contribution in [0.15, 0.2) is 53.5 Å². The molecule has 3 aromatic rings. The highest BCUT2D eigenvalue weighted by molar-refractivity contribution is 6.31. The summed E-state index contributed by atoms with van der Waals surface area (Å²) < 4.78 is 13.1. The van der Waals surface area contributed by atoms with E-state index in [1.807, 2.05) is 30.3 Å². The lowest BCUT2D eigenvalue weighted by molar-refractivity contribution is -0.927. The van der Waals surface area contributed by atoms with Gasteiger partial charge in [0.2, 0.25) is 0 Å². The maximum Gasteiger partial charge on any atom is 0.139 e. The summed E-state index contributed by atoms with van der Waals surface area (Å²) in [7, 11) is 0. The Bertz CT molecular complexity index is 946. The molecule has 0 radical (unpaired) electrons.